The number of carbonyl (C=O) groups excluding carboxylic acids is 4. The Bertz CT molecular complexity index is 1300. The van der Waals surface area contributed by atoms with Crippen molar-refractivity contribution in [3.05, 3.63) is 65.1 Å². The van der Waals surface area contributed by atoms with Crippen molar-refractivity contribution in [2.24, 2.45) is 11.8 Å². The number of amides is 2. The van der Waals surface area contributed by atoms with Crippen LogP contribution in [0.25, 0.3) is 5.65 Å². The molecule has 2 atom stereocenters. The molecule has 0 aliphatic carbocycles. The first-order valence-corrected chi connectivity index (χ1v) is 14.2. The lowest BCUT2D eigenvalue weighted by Gasteiger charge is -2.20. The second kappa shape index (κ2) is 16.9. The van der Waals surface area contributed by atoms with Crippen LogP contribution in [0, 0.1) is 32.6 Å². The van der Waals surface area contributed by atoms with Crippen LogP contribution < -0.4 is 5.32 Å². The van der Waals surface area contributed by atoms with E-state index in [1.807, 2.05) is 31.2 Å². The molecule has 0 radical (unpaired) electrons. The van der Waals surface area contributed by atoms with Gasteiger partial charge in [-0.05, 0) is 81.3 Å². The van der Waals surface area contributed by atoms with Crippen molar-refractivity contribution in [3.8, 4) is 0 Å². The van der Waals surface area contributed by atoms with Crippen molar-refractivity contribution in [2.45, 2.75) is 79.6 Å². The van der Waals surface area contributed by atoms with Crippen LogP contribution in [0.5, 0.6) is 0 Å². The molecule has 0 saturated heterocycles. The van der Waals surface area contributed by atoms with E-state index in [0.29, 0.717) is 25.0 Å². The molecule has 41 heavy (non-hydrogen) atoms. The fourth-order valence-corrected chi connectivity index (χ4v) is 4.66. The summed E-state index contributed by atoms with van der Waals surface area (Å²) in [6.07, 6.45) is 8.24. The third kappa shape index (κ3) is 11.2. The van der Waals surface area contributed by atoms with Gasteiger partial charge < -0.3 is 19.3 Å². The summed E-state index contributed by atoms with van der Waals surface area (Å²) in [5.41, 5.74) is 6.62. The third-order valence-corrected chi connectivity index (χ3v) is 6.91. The van der Waals surface area contributed by atoms with Gasteiger partial charge in [0.1, 0.15) is 11.9 Å². The van der Waals surface area contributed by atoms with Crippen LogP contribution in [0.2, 0.25) is 0 Å². The van der Waals surface area contributed by atoms with Crippen molar-refractivity contribution in [3.63, 3.8) is 0 Å². The molecular weight excluding hydrogens is 520 g/mol. The molecule has 9 heteroatoms. The number of hydroxylamine groups is 2. The third-order valence-electron chi connectivity index (χ3n) is 6.91. The van der Waals surface area contributed by atoms with Gasteiger partial charge in [-0.15, -0.1) is 0 Å². The second-order valence-electron chi connectivity index (χ2n) is 10.7. The first kappa shape index (κ1) is 33.2. The van der Waals surface area contributed by atoms with Gasteiger partial charge in [0.2, 0.25) is 6.41 Å². The lowest BCUT2D eigenvalue weighted by Crippen LogP contribution is -2.32. The van der Waals surface area contributed by atoms with Gasteiger partial charge >= 0.3 is 5.97 Å². The highest BCUT2D eigenvalue weighted by atomic mass is 16.7. The molecule has 0 saturated carbocycles. The number of nitrogens with one attached hydrogen (secondary N) is 1. The highest BCUT2D eigenvalue weighted by Crippen LogP contribution is 2.21. The first-order chi connectivity index (χ1) is 19.5. The van der Waals surface area contributed by atoms with E-state index in [2.05, 4.69) is 53.8 Å². The predicted octanol–water partition coefficient (Wildman–Crippen LogP) is 5.79. The summed E-state index contributed by atoms with van der Waals surface area (Å²) >= 11 is 0. The van der Waals surface area contributed by atoms with Crippen LogP contribution in [0.3, 0.4) is 0 Å². The van der Waals surface area contributed by atoms with Crippen molar-refractivity contribution in [1.29, 1.82) is 0 Å². The minimum absolute atomic E-state index is 0.0339. The zero-order valence-electron chi connectivity index (χ0n) is 25.2. The predicted molar refractivity (Wildman–Crippen MR) is 160 cm³/mol. The number of hydrogen-bond acceptors (Lipinski definition) is 6. The van der Waals surface area contributed by atoms with E-state index in [1.54, 1.807) is 6.92 Å². The molecule has 9 nitrogen and oxygen atoms in total. The van der Waals surface area contributed by atoms with E-state index in [0.717, 1.165) is 47.8 Å². The summed E-state index contributed by atoms with van der Waals surface area (Å²) in [6.45, 7) is 10.1. The van der Waals surface area contributed by atoms with Gasteiger partial charge in [0.25, 0.3) is 5.91 Å². The average molecular weight is 565 g/mol. The van der Waals surface area contributed by atoms with Gasteiger partial charge in [-0.25, -0.2) is 9.78 Å². The Morgan fingerprint density at radius 2 is 1.85 bits per heavy atom. The molecule has 0 spiro atoms. The van der Waals surface area contributed by atoms with E-state index < -0.39 is 11.9 Å². The van der Waals surface area contributed by atoms with Gasteiger partial charge in [-0.2, -0.15) is 5.06 Å². The quantitative estimate of drug-likeness (QED) is 0.160. The highest BCUT2D eigenvalue weighted by Gasteiger charge is 2.21. The van der Waals surface area contributed by atoms with Crippen LogP contribution >= 0.6 is 0 Å². The summed E-state index contributed by atoms with van der Waals surface area (Å²) in [5.74, 6) is -0.773. The molecule has 0 bridgehead atoms. The maximum absolute atomic E-state index is 12.2. The molecular formula is C32H44N4O5. The Balaban J connectivity index is 0.000000401. The number of fused-ring (bicyclic) bond motifs is 1. The minimum Gasteiger partial charge on any atom is -0.338 e. The Kier molecular flexibility index (Phi) is 13.7. The van der Waals surface area contributed by atoms with Crippen LogP contribution in [0.1, 0.15) is 74.9 Å². The van der Waals surface area contributed by atoms with Crippen LogP contribution in [0.4, 0.5) is 5.69 Å². The number of aryl methyl sites for hydroxylation is 4. The second-order valence-corrected chi connectivity index (χ2v) is 10.7. The van der Waals surface area contributed by atoms with E-state index in [4.69, 9.17) is 4.84 Å². The molecule has 222 valence electrons. The molecule has 2 aromatic heterocycles. The summed E-state index contributed by atoms with van der Waals surface area (Å²) in [4.78, 5) is 54.2. The minimum atomic E-state index is -0.432. The Morgan fingerprint density at radius 1 is 1.10 bits per heavy atom. The Labute approximate surface area is 243 Å². The topological polar surface area (TPSA) is 110 Å². The number of anilines is 1. The molecule has 0 aliphatic heterocycles. The largest absolute Gasteiger partial charge is 0.338 e. The van der Waals surface area contributed by atoms with Crippen LogP contribution in [-0.2, 0) is 30.4 Å². The number of benzene rings is 1. The fraction of sp³-hybridized carbons (Fsp3) is 0.469. The fourth-order valence-electron chi connectivity index (χ4n) is 4.66. The maximum atomic E-state index is 12.2. The van der Waals surface area contributed by atoms with Crippen LogP contribution in [0.15, 0.2) is 42.6 Å². The standard InChI is InChI=1S/C22H32N2O5.C10H12N2/c1-17(8-4-5-9-19-10-6-11-20(15-19)23-16-26)14-18(2)22(28)29-24(3)21(27)12-7-13-25;1-7-4-5-12-9(3)6-8(2)11-10(7)12/h6,10-11,13,15-18H,4-5,7-9,12,14H2,1-3H3,(H,23,26);4-6H,1-3H3. The maximum Gasteiger partial charge on any atom is 0.335 e. The molecule has 3 aromatic rings. The van der Waals surface area contributed by atoms with Gasteiger partial charge in [0, 0.05) is 43.2 Å². The normalized spacial score (nSPS) is 12.0. The summed E-state index contributed by atoms with van der Waals surface area (Å²) < 4.78 is 2.11. The van der Waals surface area contributed by atoms with Gasteiger partial charge in [-0.1, -0.05) is 38.8 Å². The summed E-state index contributed by atoms with van der Waals surface area (Å²) in [7, 11) is 1.39. The van der Waals surface area contributed by atoms with E-state index in [9.17, 15) is 19.2 Å². The van der Waals surface area contributed by atoms with E-state index in [-0.39, 0.29) is 18.8 Å². The van der Waals surface area contributed by atoms with E-state index in [1.165, 1.54) is 23.9 Å². The zero-order valence-corrected chi connectivity index (χ0v) is 25.2. The first-order valence-electron chi connectivity index (χ1n) is 14.2. The number of aromatic nitrogens is 2. The van der Waals surface area contributed by atoms with E-state index >= 15 is 0 Å². The van der Waals surface area contributed by atoms with Gasteiger partial charge in [0.05, 0.1) is 5.92 Å². The molecule has 3 rings (SSSR count). The number of rotatable bonds is 13. The molecule has 0 aliphatic rings. The van der Waals surface area contributed by atoms with Gasteiger partial charge in [-0.3, -0.25) is 9.59 Å². The Hall–Kier alpha value is -4.01. The monoisotopic (exact) mass is 564 g/mol. The molecule has 1 N–H and O–H groups in total. The van der Waals surface area contributed by atoms with Crippen molar-refractivity contribution in [1.82, 2.24) is 14.4 Å². The number of nitrogens with zero attached hydrogens (tertiary/aromatic N) is 3. The van der Waals surface area contributed by atoms with Crippen molar-refractivity contribution in [2.75, 3.05) is 12.4 Å². The summed E-state index contributed by atoms with van der Waals surface area (Å²) in [5, 5.41) is 3.57. The molecule has 2 unspecified atom stereocenters. The number of hydrogen-bond donors (Lipinski definition) is 1. The lowest BCUT2D eigenvalue weighted by molar-refractivity contribution is -0.196. The number of carbonyl (C=O) groups is 4. The summed E-state index contributed by atoms with van der Waals surface area (Å²) in [6, 6.07) is 12.0. The van der Waals surface area contributed by atoms with Crippen molar-refractivity contribution >= 4 is 35.9 Å². The van der Waals surface area contributed by atoms with Gasteiger partial charge in [0.15, 0.2) is 0 Å². The Morgan fingerprint density at radius 3 is 2.56 bits per heavy atom. The average Bonchev–Trinajstić information content (AvgIpc) is 3.31. The highest BCUT2D eigenvalue weighted by molar-refractivity contribution is 5.80. The number of unbranched alkanes of at least 4 members (excludes halogenated alkanes) is 1. The zero-order chi connectivity index (χ0) is 30.4. The van der Waals surface area contributed by atoms with Crippen molar-refractivity contribution < 1.29 is 24.0 Å². The molecule has 2 heterocycles. The lowest BCUT2D eigenvalue weighted by atomic mass is 9.92. The van der Waals surface area contributed by atoms with Crippen LogP contribution in [-0.4, -0.2) is 46.1 Å². The molecule has 2 amide bonds. The molecule has 0 fully saturated rings. The smallest absolute Gasteiger partial charge is 0.335 e. The SMILES string of the molecule is CC(CCCCc1cccc(NC=O)c1)CC(C)C(=O)ON(C)C(=O)CCC=O.Cc1cc(C)n2ccc(C)c2n1. The number of aldehydes is 1. The molecule has 1 aromatic carbocycles.